The maximum Gasteiger partial charge on any atom is 0.300 e. The average Bonchev–Trinajstić information content (AvgIpc) is 3.21. The van der Waals surface area contributed by atoms with Gasteiger partial charge in [0.2, 0.25) is 0 Å². The number of carbonyl (C=O) groups is 1. The molecule has 0 saturated carbocycles. The molecule has 1 amide bonds. The maximum absolute atomic E-state index is 11.8. The van der Waals surface area contributed by atoms with Gasteiger partial charge in [0.15, 0.2) is 5.58 Å². The highest BCUT2D eigenvalue weighted by Crippen LogP contribution is 2.29. The first-order valence-corrected chi connectivity index (χ1v) is 11.1. The molecular formula is C23H21ClN6O3S. The molecule has 0 aliphatic carbocycles. The van der Waals surface area contributed by atoms with E-state index in [1.165, 1.54) is 13.2 Å². The zero-order valence-corrected chi connectivity index (χ0v) is 19.9. The molecule has 2 aromatic heterocycles. The van der Waals surface area contributed by atoms with Crippen molar-refractivity contribution < 1.29 is 13.9 Å². The Morgan fingerprint density at radius 1 is 1.21 bits per heavy atom. The number of nitrogens with one attached hydrogen (secondary N) is 2. The minimum atomic E-state index is -0.299. The fourth-order valence-electron chi connectivity index (χ4n) is 3.08. The Hall–Kier alpha value is -3.76. The summed E-state index contributed by atoms with van der Waals surface area (Å²) in [5.41, 5.74) is 8.70. The van der Waals surface area contributed by atoms with E-state index in [0.29, 0.717) is 38.9 Å². The largest absolute Gasteiger partial charge is 0.457 e. The van der Waals surface area contributed by atoms with Crippen LogP contribution < -0.4 is 21.1 Å². The van der Waals surface area contributed by atoms with Crippen molar-refractivity contribution in [1.82, 2.24) is 15.3 Å². The third kappa shape index (κ3) is 5.41. The number of nitrogens with zero attached hydrogens (tertiary/aromatic N) is 3. The predicted molar refractivity (Wildman–Crippen MR) is 136 cm³/mol. The van der Waals surface area contributed by atoms with Gasteiger partial charge in [0.1, 0.15) is 28.5 Å². The number of pyridine rings is 1. The van der Waals surface area contributed by atoms with Crippen molar-refractivity contribution in [2.24, 2.45) is 10.7 Å². The third-order valence-corrected chi connectivity index (χ3v) is 5.05. The number of benzene rings is 2. The summed E-state index contributed by atoms with van der Waals surface area (Å²) >= 11 is 10.5. The number of anilines is 2. The molecule has 0 bridgehead atoms. The highest BCUT2D eigenvalue weighted by molar-refractivity contribution is 7.80. The molecule has 0 aliphatic heterocycles. The van der Waals surface area contributed by atoms with E-state index in [2.05, 4.69) is 38.2 Å². The van der Waals surface area contributed by atoms with Gasteiger partial charge in [-0.1, -0.05) is 11.6 Å². The molecule has 0 aliphatic rings. The molecule has 0 fully saturated rings. The summed E-state index contributed by atoms with van der Waals surface area (Å²) in [5, 5.41) is 5.84. The first-order valence-electron chi connectivity index (χ1n) is 10.2. The number of rotatable bonds is 7. The molecule has 2 heterocycles. The number of thiol groups is 1. The lowest BCUT2D eigenvalue weighted by Gasteiger charge is -2.08. The molecule has 11 heteroatoms. The second-order valence-corrected chi connectivity index (χ2v) is 8.33. The van der Waals surface area contributed by atoms with E-state index in [1.54, 1.807) is 55.5 Å². The molecule has 4 rings (SSSR count). The standard InChI is InChI=1S/C23H21ClN6O3S/c1-12(34)28-21(25)16-9-13(3-5-17(16)24)29-23-30-18-10-14(4-6-20(18)33-23)32-15-7-8-27-19(11-15)22(31)26-2/h3-12,34H,1-2H3,(H2,25,28)(H,26,31)(H,29,30). The molecule has 1 atom stereocenters. The summed E-state index contributed by atoms with van der Waals surface area (Å²) in [4.78, 5) is 24.5. The summed E-state index contributed by atoms with van der Waals surface area (Å²) in [6.07, 6.45) is 1.51. The van der Waals surface area contributed by atoms with Gasteiger partial charge in [-0.05, 0) is 43.3 Å². The number of ether oxygens (including phenoxy) is 1. The van der Waals surface area contributed by atoms with Crippen molar-refractivity contribution in [1.29, 1.82) is 0 Å². The lowest BCUT2D eigenvalue weighted by atomic mass is 10.2. The normalized spacial score (nSPS) is 12.4. The van der Waals surface area contributed by atoms with Crippen LogP contribution in [0.1, 0.15) is 23.0 Å². The van der Waals surface area contributed by atoms with Gasteiger partial charge in [-0.15, -0.1) is 0 Å². The third-order valence-electron chi connectivity index (χ3n) is 4.61. The number of halogens is 1. The summed E-state index contributed by atoms with van der Waals surface area (Å²) < 4.78 is 11.7. The summed E-state index contributed by atoms with van der Waals surface area (Å²) in [6.45, 7) is 1.80. The summed E-state index contributed by atoms with van der Waals surface area (Å²) in [5.74, 6) is 0.983. The van der Waals surface area contributed by atoms with Gasteiger partial charge >= 0.3 is 0 Å². The number of carbonyl (C=O) groups excluding carboxylic acids is 1. The van der Waals surface area contributed by atoms with E-state index in [9.17, 15) is 4.79 Å². The first kappa shape index (κ1) is 23.4. The fraction of sp³-hybridized carbons (Fsp3) is 0.130. The zero-order valence-electron chi connectivity index (χ0n) is 18.2. The molecule has 174 valence electrons. The lowest BCUT2D eigenvalue weighted by Crippen LogP contribution is -2.18. The molecule has 0 radical (unpaired) electrons. The van der Waals surface area contributed by atoms with Gasteiger partial charge in [-0.25, -0.2) is 0 Å². The second kappa shape index (κ2) is 10.0. The van der Waals surface area contributed by atoms with E-state index in [0.717, 1.165) is 0 Å². The van der Waals surface area contributed by atoms with Gasteiger partial charge in [0.05, 0.1) is 10.4 Å². The van der Waals surface area contributed by atoms with Crippen LogP contribution in [0.25, 0.3) is 11.1 Å². The van der Waals surface area contributed by atoms with Crippen LogP contribution in [0.15, 0.2) is 64.1 Å². The molecule has 4 N–H and O–H groups in total. The van der Waals surface area contributed by atoms with Crippen LogP contribution in [0.3, 0.4) is 0 Å². The predicted octanol–water partition coefficient (Wildman–Crippen LogP) is 4.75. The van der Waals surface area contributed by atoms with Gasteiger partial charge in [0, 0.05) is 36.6 Å². The van der Waals surface area contributed by atoms with Crippen molar-refractivity contribution in [3.63, 3.8) is 0 Å². The summed E-state index contributed by atoms with van der Waals surface area (Å²) in [7, 11) is 1.54. The molecule has 0 saturated heterocycles. The van der Waals surface area contributed by atoms with Crippen molar-refractivity contribution in [2.45, 2.75) is 12.3 Å². The number of amidine groups is 1. The fourth-order valence-corrected chi connectivity index (χ4v) is 3.42. The van der Waals surface area contributed by atoms with Crippen LogP contribution in [-0.4, -0.2) is 34.1 Å². The van der Waals surface area contributed by atoms with Crippen molar-refractivity contribution in [2.75, 3.05) is 12.4 Å². The Labute approximate surface area is 205 Å². The Morgan fingerprint density at radius 3 is 2.76 bits per heavy atom. The van der Waals surface area contributed by atoms with Crippen molar-refractivity contribution in [3.8, 4) is 11.5 Å². The molecular weight excluding hydrogens is 476 g/mol. The topological polar surface area (TPSA) is 128 Å². The number of fused-ring (bicyclic) bond motifs is 1. The van der Waals surface area contributed by atoms with Crippen molar-refractivity contribution >= 4 is 58.8 Å². The van der Waals surface area contributed by atoms with Gasteiger partial charge in [-0.3, -0.25) is 14.8 Å². The summed E-state index contributed by atoms with van der Waals surface area (Å²) in [6, 6.07) is 14.0. The molecule has 34 heavy (non-hydrogen) atoms. The van der Waals surface area contributed by atoms with Gasteiger partial charge < -0.3 is 25.5 Å². The maximum atomic E-state index is 11.8. The number of hydrogen-bond acceptors (Lipinski definition) is 8. The van der Waals surface area contributed by atoms with Crippen LogP contribution in [-0.2, 0) is 0 Å². The zero-order chi connectivity index (χ0) is 24.2. The van der Waals surface area contributed by atoms with E-state index in [4.69, 9.17) is 26.5 Å². The van der Waals surface area contributed by atoms with Crippen LogP contribution in [0.2, 0.25) is 5.02 Å². The van der Waals surface area contributed by atoms with Crippen LogP contribution in [0, 0.1) is 0 Å². The van der Waals surface area contributed by atoms with Gasteiger partial charge in [0.25, 0.3) is 11.9 Å². The Kier molecular flexibility index (Phi) is 6.90. The number of aromatic nitrogens is 2. The quantitative estimate of drug-likeness (QED) is 0.165. The number of amides is 1. The smallest absolute Gasteiger partial charge is 0.300 e. The van der Waals surface area contributed by atoms with E-state index >= 15 is 0 Å². The number of hydrogen-bond donors (Lipinski definition) is 4. The molecule has 2 aromatic carbocycles. The highest BCUT2D eigenvalue weighted by atomic mass is 35.5. The van der Waals surface area contributed by atoms with Crippen molar-refractivity contribution in [3.05, 3.63) is 71.0 Å². The lowest BCUT2D eigenvalue weighted by molar-refractivity contribution is 0.0958. The van der Waals surface area contributed by atoms with Gasteiger partial charge in [-0.2, -0.15) is 17.6 Å². The van der Waals surface area contributed by atoms with Crippen LogP contribution in [0.5, 0.6) is 11.5 Å². The van der Waals surface area contributed by atoms with Crippen LogP contribution in [0.4, 0.5) is 11.7 Å². The SMILES string of the molecule is CNC(=O)c1cc(Oc2ccc3oc(Nc4ccc(Cl)c(C(N)=NC(C)S)c4)nc3c2)ccn1. The molecule has 1 unspecified atom stereocenters. The van der Waals surface area contributed by atoms with E-state index < -0.39 is 0 Å². The minimum Gasteiger partial charge on any atom is -0.457 e. The number of nitrogens with two attached hydrogens (primary N) is 1. The minimum absolute atomic E-state index is 0.255. The number of oxazole rings is 1. The number of aliphatic imine (C=N–C) groups is 1. The molecule has 9 nitrogen and oxygen atoms in total. The van der Waals surface area contributed by atoms with E-state index in [1.807, 2.05) is 0 Å². The first-order chi connectivity index (χ1) is 16.3. The second-order valence-electron chi connectivity index (χ2n) is 7.17. The average molecular weight is 497 g/mol. The Morgan fingerprint density at radius 2 is 2.00 bits per heavy atom. The molecule has 4 aromatic rings. The van der Waals surface area contributed by atoms with Crippen LogP contribution >= 0.6 is 24.2 Å². The Bertz CT molecular complexity index is 1390. The van der Waals surface area contributed by atoms with E-state index in [-0.39, 0.29) is 28.8 Å². The monoisotopic (exact) mass is 496 g/mol. The highest BCUT2D eigenvalue weighted by Gasteiger charge is 2.12. The Balaban J connectivity index is 1.55. The molecule has 0 spiro atoms.